The number of nitrogens with one attached hydrogen (secondary N) is 1. The molecule has 0 heterocycles. The SMILES string of the molecule is CCCNC1CCC(CC)CC1SCCC(C)C. The van der Waals surface area contributed by atoms with E-state index >= 15 is 0 Å². The minimum atomic E-state index is 0.782. The second-order valence-corrected chi connectivity index (χ2v) is 7.59. The standard InChI is InChI=1S/C16H33NS/c1-5-10-17-15-8-7-14(6-2)12-16(15)18-11-9-13(3)4/h13-17H,5-12H2,1-4H3. The van der Waals surface area contributed by atoms with E-state index < -0.39 is 0 Å². The number of thioether (sulfide) groups is 1. The molecule has 1 N–H and O–H groups in total. The lowest BCUT2D eigenvalue weighted by atomic mass is 9.84. The summed E-state index contributed by atoms with van der Waals surface area (Å²) in [6, 6.07) is 0.782. The molecule has 0 bridgehead atoms. The molecule has 1 nitrogen and oxygen atoms in total. The van der Waals surface area contributed by atoms with Gasteiger partial charge in [-0.2, -0.15) is 11.8 Å². The highest BCUT2D eigenvalue weighted by molar-refractivity contribution is 7.99. The van der Waals surface area contributed by atoms with E-state index in [9.17, 15) is 0 Å². The van der Waals surface area contributed by atoms with Crippen LogP contribution in [0.2, 0.25) is 0 Å². The Bertz CT molecular complexity index is 205. The van der Waals surface area contributed by atoms with Gasteiger partial charge in [-0.25, -0.2) is 0 Å². The van der Waals surface area contributed by atoms with Gasteiger partial charge in [0.1, 0.15) is 0 Å². The minimum absolute atomic E-state index is 0.782. The van der Waals surface area contributed by atoms with Crippen LogP contribution in [0.25, 0.3) is 0 Å². The Morgan fingerprint density at radius 3 is 2.61 bits per heavy atom. The van der Waals surface area contributed by atoms with Crippen LogP contribution in [0, 0.1) is 11.8 Å². The summed E-state index contributed by atoms with van der Waals surface area (Å²) in [5.74, 6) is 3.19. The van der Waals surface area contributed by atoms with Crippen molar-refractivity contribution in [1.82, 2.24) is 5.32 Å². The van der Waals surface area contributed by atoms with E-state index in [2.05, 4.69) is 44.8 Å². The number of hydrogen-bond acceptors (Lipinski definition) is 2. The molecule has 3 unspecified atom stereocenters. The zero-order valence-electron chi connectivity index (χ0n) is 12.9. The second kappa shape index (κ2) is 9.25. The Morgan fingerprint density at radius 2 is 2.00 bits per heavy atom. The van der Waals surface area contributed by atoms with Crippen molar-refractivity contribution in [3.8, 4) is 0 Å². The monoisotopic (exact) mass is 271 g/mol. The van der Waals surface area contributed by atoms with E-state index in [4.69, 9.17) is 0 Å². The smallest absolute Gasteiger partial charge is 0.0203 e. The molecule has 0 aromatic carbocycles. The Morgan fingerprint density at radius 1 is 1.22 bits per heavy atom. The van der Waals surface area contributed by atoms with Gasteiger partial charge < -0.3 is 5.32 Å². The molecule has 1 rings (SSSR count). The third kappa shape index (κ3) is 5.97. The molecular formula is C16H33NS. The predicted molar refractivity (Wildman–Crippen MR) is 85.4 cm³/mol. The number of hydrogen-bond donors (Lipinski definition) is 1. The van der Waals surface area contributed by atoms with Crippen LogP contribution in [0.1, 0.15) is 66.2 Å². The molecule has 0 aliphatic heterocycles. The van der Waals surface area contributed by atoms with E-state index in [1.807, 2.05) is 0 Å². The topological polar surface area (TPSA) is 12.0 Å². The summed E-state index contributed by atoms with van der Waals surface area (Å²) < 4.78 is 0. The lowest BCUT2D eigenvalue weighted by Gasteiger charge is -2.36. The van der Waals surface area contributed by atoms with Crippen LogP contribution in [-0.2, 0) is 0 Å². The Hall–Kier alpha value is 0.310. The van der Waals surface area contributed by atoms with Crippen molar-refractivity contribution in [2.24, 2.45) is 11.8 Å². The normalized spacial score (nSPS) is 28.8. The van der Waals surface area contributed by atoms with E-state index in [-0.39, 0.29) is 0 Å². The van der Waals surface area contributed by atoms with E-state index in [1.165, 1.54) is 50.8 Å². The molecule has 0 radical (unpaired) electrons. The molecule has 1 aliphatic rings. The fraction of sp³-hybridized carbons (Fsp3) is 1.00. The van der Waals surface area contributed by atoms with Crippen molar-refractivity contribution in [3.05, 3.63) is 0 Å². The van der Waals surface area contributed by atoms with Crippen LogP contribution < -0.4 is 5.32 Å². The van der Waals surface area contributed by atoms with Gasteiger partial charge in [0.05, 0.1) is 0 Å². The summed E-state index contributed by atoms with van der Waals surface area (Å²) in [5.41, 5.74) is 0. The van der Waals surface area contributed by atoms with E-state index in [0.717, 1.165) is 23.1 Å². The van der Waals surface area contributed by atoms with Gasteiger partial charge in [0.15, 0.2) is 0 Å². The maximum absolute atomic E-state index is 3.78. The summed E-state index contributed by atoms with van der Waals surface area (Å²) >= 11 is 2.24. The molecule has 3 atom stereocenters. The molecule has 0 saturated heterocycles. The first-order chi connectivity index (χ1) is 8.67. The molecule has 2 heteroatoms. The minimum Gasteiger partial charge on any atom is -0.313 e. The van der Waals surface area contributed by atoms with Crippen LogP contribution in [0.5, 0.6) is 0 Å². The molecule has 0 aromatic heterocycles. The molecule has 0 spiro atoms. The van der Waals surface area contributed by atoms with Crippen LogP contribution in [0.15, 0.2) is 0 Å². The van der Waals surface area contributed by atoms with Gasteiger partial charge in [-0.3, -0.25) is 0 Å². The van der Waals surface area contributed by atoms with E-state index in [0.29, 0.717) is 0 Å². The van der Waals surface area contributed by atoms with Crippen LogP contribution in [0.4, 0.5) is 0 Å². The lowest BCUT2D eigenvalue weighted by Crippen LogP contribution is -2.43. The average molecular weight is 272 g/mol. The zero-order valence-corrected chi connectivity index (χ0v) is 13.7. The van der Waals surface area contributed by atoms with Crippen molar-refractivity contribution >= 4 is 11.8 Å². The highest BCUT2D eigenvalue weighted by Crippen LogP contribution is 2.34. The maximum Gasteiger partial charge on any atom is 0.0203 e. The Labute approximate surface area is 119 Å². The van der Waals surface area contributed by atoms with Crippen molar-refractivity contribution in [3.63, 3.8) is 0 Å². The molecule has 108 valence electrons. The van der Waals surface area contributed by atoms with Crippen LogP contribution in [-0.4, -0.2) is 23.6 Å². The highest BCUT2D eigenvalue weighted by atomic mass is 32.2. The van der Waals surface area contributed by atoms with Gasteiger partial charge in [-0.15, -0.1) is 0 Å². The largest absolute Gasteiger partial charge is 0.313 e. The summed E-state index contributed by atoms with van der Waals surface area (Å²) in [6.07, 6.45) is 8.30. The van der Waals surface area contributed by atoms with Gasteiger partial charge in [-0.05, 0) is 56.2 Å². The fourth-order valence-corrected chi connectivity index (χ4v) is 4.57. The molecule has 1 fully saturated rings. The molecular weight excluding hydrogens is 238 g/mol. The van der Waals surface area contributed by atoms with Gasteiger partial charge >= 0.3 is 0 Å². The number of rotatable bonds is 8. The van der Waals surface area contributed by atoms with Crippen LogP contribution in [0.3, 0.4) is 0 Å². The first-order valence-corrected chi connectivity index (χ1v) is 9.07. The first kappa shape index (κ1) is 16.4. The molecule has 1 saturated carbocycles. The first-order valence-electron chi connectivity index (χ1n) is 8.02. The van der Waals surface area contributed by atoms with Crippen molar-refractivity contribution in [1.29, 1.82) is 0 Å². The summed E-state index contributed by atoms with van der Waals surface area (Å²) in [6.45, 7) is 10.5. The van der Waals surface area contributed by atoms with Gasteiger partial charge in [0.25, 0.3) is 0 Å². The van der Waals surface area contributed by atoms with E-state index in [1.54, 1.807) is 0 Å². The second-order valence-electron chi connectivity index (χ2n) is 6.24. The zero-order chi connectivity index (χ0) is 13.4. The fourth-order valence-electron chi connectivity index (χ4n) is 2.79. The van der Waals surface area contributed by atoms with Gasteiger partial charge in [-0.1, -0.05) is 34.1 Å². The lowest BCUT2D eigenvalue weighted by molar-refractivity contribution is 0.295. The summed E-state index contributed by atoms with van der Waals surface area (Å²) in [7, 11) is 0. The molecule has 0 amide bonds. The third-order valence-electron chi connectivity index (χ3n) is 4.16. The Balaban J connectivity index is 2.38. The molecule has 1 aliphatic carbocycles. The van der Waals surface area contributed by atoms with Gasteiger partial charge in [0.2, 0.25) is 0 Å². The summed E-state index contributed by atoms with van der Waals surface area (Å²) in [4.78, 5) is 0. The molecule has 18 heavy (non-hydrogen) atoms. The van der Waals surface area contributed by atoms with Crippen molar-refractivity contribution in [2.45, 2.75) is 77.5 Å². The predicted octanol–water partition coefficient (Wildman–Crippen LogP) is 4.71. The maximum atomic E-state index is 3.78. The molecule has 0 aromatic rings. The summed E-state index contributed by atoms with van der Waals surface area (Å²) in [5, 5.41) is 4.65. The highest BCUT2D eigenvalue weighted by Gasteiger charge is 2.29. The van der Waals surface area contributed by atoms with Crippen molar-refractivity contribution < 1.29 is 0 Å². The van der Waals surface area contributed by atoms with Crippen molar-refractivity contribution in [2.75, 3.05) is 12.3 Å². The van der Waals surface area contributed by atoms with Crippen LogP contribution >= 0.6 is 11.8 Å². The quantitative estimate of drug-likeness (QED) is 0.686. The Kier molecular flexibility index (Phi) is 8.41. The average Bonchev–Trinajstić information content (AvgIpc) is 2.36. The van der Waals surface area contributed by atoms with Gasteiger partial charge in [0, 0.05) is 11.3 Å². The third-order valence-corrected chi connectivity index (χ3v) is 5.58.